The standard InChI is InChI=1S/C12H25NO4/c1-10(2)8-13(6-7-16-4)9-12(3,15)11(14)17-5/h10,15H,6-9H2,1-5H3. The highest BCUT2D eigenvalue weighted by molar-refractivity contribution is 5.78. The molecular weight excluding hydrogens is 222 g/mol. The van der Waals surface area contributed by atoms with Crippen molar-refractivity contribution in [3.63, 3.8) is 0 Å². The van der Waals surface area contributed by atoms with Crippen LogP contribution < -0.4 is 0 Å². The van der Waals surface area contributed by atoms with Crippen LogP contribution in [0.2, 0.25) is 0 Å². The van der Waals surface area contributed by atoms with Gasteiger partial charge in [-0.05, 0) is 12.8 Å². The third-order valence-electron chi connectivity index (χ3n) is 2.39. The minimum absolute atomic E-state index is 0.251. The van der Waals surface area contributed by atoms with Gasteiger partial charge in [0.05, 0.1) is 13.7 Å². The summed E-state index contributed by atoms with van der Waals surface area (Å²) in [4.78, 5) is 13.4. The third-order valence-corrected chi connectivity index (χ3v) is 2.39. The van der Waals surface area contributed by atoms with Gasteiger partial charge in [0.15, 0.2) is 5.60 Å². The second kappa shape index (κ2) is 7.63. The molecule has 0 aromatic heterocycles. The Morgan fingerprint density at radius 3 is 2.41 bits per heavy atom. The zero-order valence-electron chi connectivity index (χ0n) is 11.5. The number of aliphatic hydroxyl groups is 1. The lowest BCUT2D eigenvalue weighted by Crippen LogP contribution is -2.49. The van der Waals surface area contributed by atoms with E-state index in [1.807, 2.05) is 4.90 Å². The second-order valence-corrected chi connectivity index (χ2v) is 4.89. The Morgan fingerprint density at radius 2 is 2.00 bits per heavy atom. The number of carbonyl (C=O) groups is 1. The molecule has 1 unspecified atom stereocenters. The van der Waals surface area contributed by atoms with Gasteiger partial charge in [-0.3, -0.25) is 4.90 Å². The first-order valence-corrected chi connectivity index (χ1v) is 5.85. The lowest BCUT2D eigenvalue weighted by Gasteiger charge is -2.30. The second-order valence-electron chi connectivity index (χ2n) is 4.89. The zero-order valence-corrected chi connectivity index (χ0v) is 11.5. The summed E-state index contributed by atoms with van der Waals surface area (Å²) < 4.78 is 9.59. The SMILES string of the molecule is COCCN(CC(C)C)CC(C)(O)C(=O)OC. The Hall–Kier alpha value is -0.650. The summed E-state index contributed by atoms with van der Waals surface area (Å²) in [6.45, 7) is 7.96. The van der Waals surface area contributed by atoms with Gasteiger partial charge in [0.25, 0.3) is 0 Å². The van der Waals surface area contributed by atoms with E-state index in [2.05, 4.69) is 18.6 Å². The van der Waals surface area contributed by atoms with Gasteiger partial charge in [-0.15, -0.1) is 0 Å². The first-order chi connectivity index (χ1) is 7.83. The molecule has 1 N–H and O–H groups in total. The molecule has 17 heavy (non-hydrogen) atoms. The van der Waals surface area contributed by atoms with Crippen LogP contribution in [0.5, 0.6) is 0 Å². The van der Waals surface area contributed by atoms with Crippen molar-refractivity contribution in [2.24, 2.45) is 5.92 Å². The maximum absolute atomic E-state index is 11.4. The average molecular weight is 247 g/mol. The van der Waals surface area contributed by atoms with E-state index >= 15 is 0 Å². The van der Waals surface area contributed by atoms with Crippen LogP contribution in [-0.2, 0) is 14.3 Å². The summed E-state index contributed by atoms with van der Waals surface area (Å²) in [5, 5.41) is 10.0. The highest BCUT2D eigenvalue weighted by Crippen LogP contribution is 2.10. The lowest BCUT2D eigenvalue weighted by molar-refractivity contribution is -0.162. The fourth-order valence-electron chi connectivity index (χ4n) is 1.69. The van der Waals surface area contributed by atoms with Crippen molar-refractivity contribution >= 4 is 5.97 Å². The molecule has 0 aliphatic carbocycles. The van der Waals surface area contributed by atoms with Crippen LogP contribution in [0.15, 0.2) is 0 Å². The van der Waals surface area contributed by atoms with Crippen molar-refractivity contribution in [2.75, 3.05) is 40.5 Å². The number of hydrogen-bond donors (Lipinski definition) is 1. The largest absolute Gasteiger partial charge is 0.467 e. The summed E-state index contributed by atoms with van der Waals surface area (Å²) in [7, 11) is 2.91. The van der Waals surface area contributed by atoms with Crippen LogP contribution in [0.25, 0.3) is 0 Å². The van der Waals surface area contributed by atoms with Gasteiger partial charge in [0, 0.05) is 26.7 Å². The Labute approximate surface area is 104 Å². The van der Waals surface area contributed by atoms with Gasteiger partial charge in [0.1, 0.15) is 0 Å². The molecule has 0 aliphatic rings. The molecule has 0 spiro atoms. The molecule has 0 saturated heterocycles. The number of methoxy groups -OCH3 is 2. The van der Waals surface area contributed by atoms with Crippen LogP contribution >= 0.6 is 0 Å². The molecule has 5 nitrogen and oxygen atoms in total. The quantitative estimate of drug-likeness (QED) is 0.633. The monoisotopic (exact) mass is 247 g/mol. The molecule has 5 heteroatoms. The van der Waals surface area contributed by atoms with Crippen LogP contribution in [-0.4, -0.2) is 62.0 Å². The maximum Gasteiger partial charge on any atom is 0.338 e. The number of esters is 1. The molecule has 0 heterocycles. The Bertz CT molecular complexity index is 229. The Kier molecular flexibility index (Phi) is 7.34. The maximum atomic E-state index is 11.4. The number of rotatable bonds is 8. The summed E-state index contributed by atoms with van der Waals surface area (Å²) in [6, 6.07) is 0. The van der Waals surface area contributed by atoms with Crippen molar-refractivity contribution in [2.45, 2.75) is 26.4 Å². The summed E-state index contributed by atoms with van der Waals surface area (Å²) in [6.07, 6.45) is 0. The zero-order chi connectivity index (χ0) is 13.5. The van der Waals surface area contributed by atoms with E-state index in [0.29, 0.717) is 19.1 Å². The van der Waals surface area contributed by atoms with E-state index in [4.69, 9.17) is 4.74 Å². The van der Waals surface area contributed by atoms with E-state index in [1.165, 1.54) is 14.0 Å². The molecule has 0 aromatic rings. The average Bonchev–Trinajstić information content (AvgIpc) is 2.23. The van der Waals surface area contributed by atoms with Crippen molar-refractivity contribution in [1.29, 1.82) is 0 Å². The van der Waals surface area contributed by atoms with Crippen LogP contribution in [0, 0.1) is 5.92 Å². The number of nitrogens with zero attached hydrogens (tertiary/aromatic N) is 1. The van der Waals surface area contributed by atoms with Gasteiger partial charge in [-0.1, -0.05) is 13.8 Å². The van der Waals surface area contributed by atoms with E-state index in [0.717, 1.165) is 6.54 Å². The molecule has 0 radical (unpaired) electrons. The molecule has 0 rings (SSSR count). The topological polar surface area (TPSA) is 59.0 Å². The Balaban J connectivity index is 4.44. The molecule has 0 amide bonds. The highest BCUT2D eigenvalue weighted by atomic mass is 16.5. The van der Waals surface area contributed by atoms with Crippen molar-refractivity contribution in [1.82, 2.24) is 4.90 Å². The van der Waals surface area contributed by atoms with E-state index in [9.17, 15) is 9.90 Å². The van der Waals surface area contributed by atoms with Crippen LogP contribution in [0.4, 0.5) is 0 Å². The summed E-state index contributed by atoms with van der Waals surface area (Å²) in [5.41, 5.74) is -1.47. The van der Waals surface area contributed by atoms with Gasteiger partial charge >= 0.3 is 5.97 Å². The Morgan fingerprint density at radius 1 is 1.41 bits per heavy atom. The van der Waals surface area contributed by atoms with Gasteiger partial charge in [-0.2, -0.15) is 0 Å². The van der Waals surface area contributed by atoms with Gasteiger partial charge in [-0.25, -0.2) is 4.79 Å². The van der Waals surface area contributed by atoms with Crippen LogP contribution in [0.3, 0.4) is 0 Å². The predicted octanol–water partition coefficient (Wildman–Crippen LogP) is 0.515. The molecular formula is C12H25NO4. The molecule has 0 saturated carbocycles. The molecule has 102 valence electrons. The van der Waals surface area contributed by atoms with Crippen LogP contribution in [0.1, 0.15) is 20.8 Å². The smallest absolute Gasteiger partial charge is 0.338 e. The minimum atomic E-state index is -1.47. The molecule has 1 atom stereocenters. The lowest BCUT2D eigenvalue weighted by atomic mass is 10.1. The predicted molar refractivity (Wildman–Crippen MR) is 65.8 cm³/mol. The van der Waals surface area contributed by atoms with Crippen molar-refractivity contribution in [3.8, 4) is 0 Å². The number of ether oxygens (including phenoxy) is 2. The summed E-state index contributed by atoms with van der Waals surface area (Å²) in [5.74, 6) is -0.149. The van der Waals surface area contributed by atoms with E-state index in [1.54, 1.807) is 7.11 Å². The normalized spacial score (nSPS) is 15.1. The minimum Gasteiger partial charge on any atom is -0.467 e. The number of hydrogen-bond acceptors (Lipinski definition) is 5. The van der Waals surface area contributed by atoms with Gasteiger partial charge in [0.2, 0.25) is 0 Å². The fourth-order valence-corrected chi connectivity index (χ4v) is 1.69. The molecule has 0 fully saturated rings. The molecule has 0 aliphatic heterocycles. The van der Waals surface area contributed by atoms with Crippen molar-refractivity contribution in [3.05, 3.63) is 0 Å². The first-order valence-electron chi connectivity index (χ1n) is 5.85. The van der Waals surface area contributed by atoms with Gasteiger partial charge < -0.3 is 14.6 Å². The van der Waals surface area contributed by atoms with E-state index < -0.39 is 11.6 Å². The number of carbonyl (C=O) groups excluding carboxylic acids is 1. The van der Waals surface area contributed by atoms with Crippen molar-refractivity contribution < 1.29 is 19.4 Å². The highest BCUT2D eigenvalue weighted by Gasteiger charge is 2.33. The molecule has 0 aromatic carbocycles. The summed E-state index contributed by atoms with van der Waals surface area (Å²) >= 11 is 0. The van der Waals surface area contributed by atoms with E-state index in [-0.39, 0.29) is 6.54 Å². The molecule has 0 bridgehead atoms. The first kappa shape index (κ1) is 16.4. The third kappa shape index (κ3) is 6.61. The fraction of sp³-hybridized carbons (Fsp3) is 0.917.